The Morgan fingerprint density at radius 1 is 1.41 bits per heavy atom. The zero-order chi connectivity index (χ0) is 11.7. The number of pyridine rings is 1. The van der Waals surface area contributed by atoms with Gasteiger partial charge < -0.3 is 5.32 Å². The minimum atomic E-state index is 0.532. The van der Waals surface area contributed by atoms with Crippen molar-refractivity contribution in [3.05, 3.63) is 24.4 Å². The lowest BCUT2D eigenvalue weighted by Crippen LogP contribution is -2.16. The van der Waals surface area contributed by atoms with Gasteiger partial charge in [-0.1, -0.05) is 6.07 Å². The predicted octanol–water partition coefficient (Wildman–Crippen LogP) is 2.43. The minimum Gasteiger partial charge on any atom is -0.350 e. The molecule has 1 fully saturated rings. The van der Waals surface area contributed by atoms with Crippen LogP contribution < -0.4 is 5.32 Å². The van der Waals surface area contributed by atoms with Crippen molar-refractivity contribution in [2.45, 2.75) is 30.6 Å². The van der Waals surface area contributed by atoms with Crippen molar-refractivity contribution in [2.24, 2.45) is 0 Å². The summed E-state index contributed by atoms with van der Waals surface area (Å²) in [6, 6.07) is 6.44. The Bertz CT molecular complexity index is 477. The summed E-state index contributed by atoms with van der Waals surface area (Å²) in [5.74, 6) is 0.753. The summed E-state index contributed by atoms with van der Waals surface area (Å²) in [4.78, 5) is 4.46. The molecule has 2 unspecified atom stereocenters. The minimum absolute atomic E-state index is 0.532. The Balaban J connectivity index is 1.73. The van der Waals surface area contributed by atoms with Gasteiger partial charge in [0.25, 0.3) is 0 Å². The lowest BCUT2D eigenvalue weighted by molar-refractivity contribution is 0.744. The summed E-state index contributed by atoms with van der Waals surface area (Å²) in [6.45, 7) is 0. The van der Waals surface area contributed by atoms with Crippen LogP contribution in [-0.2, 0) is 0 Å². The third kappa shape index (κ3) is 2.24. The fourth-order valence-corrected chi connectivity index (χ4v) is 3.16. The first-order valence-corrected chi connectivity index (χ1v) is 7.24. The second-order valence-corrected chi connectivity index (χ2v) is 5.59. The summed E-state index contributed by atoms with van der Waals surface area (Å²) in [5, 5.41) is 8.65. The number of rotatable bonds is 3. The molecule has 90 valence electrons. The molecule has 2 heterocycles. The van der Waals surface area contributed by atoms with Crippen molar-refractivity contribution in [3.8, 4) is 0 Å². The molecule has 4 nitrogen and oxygen atoms in total. The molecule has 1 aliphatic rings. The van der Waals surface area contributed by atoms with Crippen LogP contribution in [0.25, 0.3) is 5.65 Å². The van der Waals surface area contributed by atoms with E-state index in [2.05, 4.69) is 21.7 Å². The summed E-state index contributed by atoms with van der Waals surface area (Å²) in [7, 11) is 0. The zero-order valence-electron chi connectivity index (χ0n) is 9.84. The van der Waals surface area contributed by atoms with Gasteiger partial charge >= 0.3 is 0 Å². The van der Waals surface area contributed by atoms with E-state index in [9.17, 15) is 0 Å². The largest absolute Gasteiger partial charge is 0.350 e. The highest BCUT2D eigenvalue weighted by molar-refractivity contribution is 7.99. The molecule has 3 rings (SSSR count). The van der Waals surface area contributed by atoms with E-state index in [1.165, 1.54) is 19.3 Å². The van der Waals surface area contributed by atoms with E-state index in [-0.39, 0.29) is 0 Å². The molecule has 0 aromatic carbocycles. The molecule has 1 aliphatic carbocycles. The van der Waals surface area contributed by atoms with Gasteiger partial charge in [0.05, 0.1) is 0 Å². The van der Waals surface area contributed by atoms with E-state index < -0.39 is 0 Å². The molecule has 2 aromatic rings. The van der Waals surface area contributed by atoms with Gasteiger partial charge in [-0.05, 0) is 37.7 Å². The number of anilines is 1. The molecule has 0 aliphatic heterocycles. The molecule has 0 radical (unpaired) electrons. The maximum atomic E-state index is 4.46. The van der Waals surface area contributed by atoms with Gasteiger partial charge in [0, 0.05) is 17.5 Å². The Kier molecular flexibility index (Phi) is 2.93. The van der Waals surface area contributed by atoms with Crippen LogP contribution in [0.5, 0.6) is 0 Å². The smallest absolute Gasteiger partial charge is 0.243 e. The number of fused-ring (bicyclic) bond motifs is 1. The molecule has 0 saturated heterocycles. The monoisotopic (exact) mass is 248 g/mol. The topological polar surface area (TPSA) is 42.2 Å². The first-order chi connectivity index (χ1) is 8.35. The molecule has 1 N–H and O–H groups in total. The fourth-order valence-electron chi connectivity index (χ4n) is 2.36. The lowest BCUT2D eigenvalue weighted by atomic mass is 10.2. The molecule has 17 heavy (non-hydrogen) atoms. The molecule has 0 amide bonds. The number of thioether (sulfide) groups is 1. The van der Waals surface area contributed by atoms with Crippen LogP contribution in [0.15, 0.2) is 24.4 Å². The van der Waals surface area contributed by atoms with E-state index in [1.807, 2.05) is 40.7 Å². The normalized spacial score (nSPS) is 24.3. The summed E-state index contributed by atoms with van der Waals surface area (Å²) >= 11 is 1.97. The molecular formula is C12H16N4S. The highest BCUT2D eigenvalue weighted by atomic mass is 32.2. The average molecular weight is 248 g/mol. The Hall–Kier alpha value is -1.23. The predicted molar refractivity (Wildman–Crippen MR) is 71.6 cm³/mol. The summed E-state index contributed by atoms with van der Waals surface area (Å²) in [6.07, 6.45) is 7.85. The van der Waals surface area contributed by atoms with E-state index in [0.29, 0.717) is 6.04 Å². The van der Waals surface area contributed by atoms with E-state index >= 15 is 0 Å². The molecule has 0 spiro atoms. The highest BCUT2D eigenvalue weighted by Gasteiger charge is 2.24. The first-order valence-electron chi connectivity index (χ1n) is 5.96. The summed E-state index contributed by atoms with van der Waals surface area (Å²) in [5.41, 5.74) is 0.898. The van der Waals surface area contributed by atoms with Crippen LogP contribution >= 0.6 is 11.8 Å². The highest BCUT2D eigenvalue weighted by Crippen LogP contribution is 2.29. The van der Waals surface area contributed by atoms with Crippen molar-refractivity contribution >= 4 is 23.4 Å². The number of hydrogen-bond acceptors (Lipinski definition) is 4. The fraction of sp³-hybridized carbons (Fsp3) is 0.500. The zero-order valence-corrected chi connectivity index (χ0v) is 10.7. The third-order valence-corrected chi connectivity index (χ3v) is 4.39. The van der Waals surface area contributed by atoms with Gasteiger partial charge in [-0.25, -0.2) is 4.52 Å². The lowest BCUT2D eigenvalue weighted by Gasteiger charge is -2.10. The summed E-state index contributed by atoms with van der Waals surface area (Å²) < 4.78 is 1.81. The molecule has 2 atom stereocenters. The van der Waals surface area contributed by atoms with Gasteiger partial charge in [-0.3, -0.25) is 0 Å². The molecule has 1 saturated carbocycles. The second-order valence-electron chi connectivity index (χ2n) is 4.45. The first kappa shape index (κ1) is 10.9. The standard InChI is InChI=1S/C12H16N4S/c1-17-10-6-5-9(8-10)13-12-14-11-4-2-3-7-16(11)15-12/h2-4,7,9-10H,5-6,8H2,1H3,(H,13,15). The third-order valence-electron chi connectivity index (χ3n) is 3.29. The van der Waals surface area contributed by atoms with Crippen LogP contribution in [0.1, 0.15) is 19.3 Å². The number of nitrogens with zero attached hydrogens (tertiary/aromatic N) is 3. The van der Waals surface area contributed by atoms with Crippen LogP contribution in [0.2, 0.25) is 0 Å². The van der Waals surface area contributed by atoms with E-state index in [0.717, 1.165) is 16.8 Å². The van der Waals surface area contributed by atoms with Crippen molar-refractivity contribution < 1.29 is 0 Å². The van der Waals surface area contributed by atoms with Crippen LogP contribution in [0, 0.1) is 0 Å². The van der Waals surface area contributed by atoms with Crippen LogP contribution in [-0.4, -0.2) is 32.1 Å². The van der Waals surface area contributed by atoms with Gasteiger partial charge in [-0.2, -0.15) is 16.7 Å². The number of hydrogen-bond donors (Lipinski definition) is 1. The maximum Gasteiger partial charge on any atom is 0.243 e. The Morgan fingerprint density at radius 2 is 2.35 bits per heavy atom. The van der Waals surface area contributed by atoms with Crippen LogP contribution in [0.4, 0.5) is 5.95 Å². The van der Waals surface area contributed by atoms with Crippen molar-refractivity contribution in [2.75, 3.05) is 11.6 Å². The molecular weight excluding hydrogens is 232 g/mol. The van der Waals surface area contributed by atoms with E-state index in [1.54, 1.807) is 0 Å². The Labute approximate surface area is 105 Å². The van der Waals surface area contributed by atoms with Crippen molar-refractivity contribution in [1.29, 1.82) is 0 Å². The average Bonchev–Trinajstić information content (AvgIpc) is 2.94. The van der Waals surface area contributed by atoms with Crippen molar-refractivity contribution in [1.82, 2.24) is 14.6 Å². The van der Waals surface area contributed by atoms with E-state index in [4.69, 9.17) is 0 Å². The van der Waals surface area contributed by atoms with Crippen molar-refractivity contribution in [3.63, 3.8) is 0 Å². The van der Waals surface area contributed by atoms with Gasteiger partial charge in [0.1, 0.15) is 0 Å². The molecule has 0 bridgehead atoms. The van der Waals surface area contributed by atoms with Crippen LogP contribution in [0.3, 0.4) is 0 Å². The number of aromatic nitrogens is 3. The number of nitrogens with one attached hydrogen (secondary N) is 1. The van der Waals surface area contributed by atoms with Gasteiger partial charge in [0.15, 0.2) is 5.65 Å². The quantitative estimate of drug-likeness (QED) is 0.906. The van der Waals surface area contributed by atoms with Gasteiger partial charge in [-0.15, -0.1) is 5.10 Å². The molecule has 5 heteroatoms. The second kappa shape index (κ2) is 4.56. The molecule has 2 aromatic heterocycles. The maximum absolute atomic E-state index is 4.46. The van der Waals surface area contributed by atoms with Gasteiger partial charge in [0.2, 0.25) is 5.95 Å². The Morgan fingerprint density at radius 3 is 3.12 bits per heavy atom. The SMILES string of the molecule is CSC1CCC(Nc2nc3ccccn3n2)C1.